The van der Waals surface area contributed by atoms with Crippen LogP contribution in [0.3, 0.4) is 0 Å². The average Bonchev–Trinajstić information content (AvgIpc) is 2.64. The molecule has 2 unspecified atom stereocenters. The van der Waals surface area contributed by atoms with Gasteiger partial charge in [0, 0.05) is 36.0 Å². The second-order valence-corrected chi connectivity index (χ2v) is 7.58. The molecule has 0 saturated carbocycles. The minimum Gasteiger partial charge on any atom is -0.862 e. The fourth-order valence-corrected chi connectivity index (χ4v) is 2.11. The topological polar surface area (TPSA) is 561 Å². The summed E-state index contributed by atoms with van der Waals surface area (Å²) in [5.74, 6) is -7.60. The number of aliphatic imine (C=N–C) groups is 4. The minimum atomic E-state index is -1.81. The molecule has 42 heavy (non-hydrogen) atoms. The molecule has 0 amide bonds. The monoisotopic (exact) mass is 732 g/mol. The van der Waals surface area contributed by atoms with Gasteiger partial charge in [0.05, 0.1) is 26.2 Å². The summed E-state index contributed by atoms with van der Waals surface area (Å²) in [5.41, 5.74) is 22.4. The van der Waals surface area contributed by atoms with Gasteiger partial charge in [-0.2, -0.15) is 0 Å². The Morgan fingerprint density at radius 2 is 0.524 bits per heavy atom. The standard InChI is InChI=1S/C18H38N8O4.2Cu.10H2O/c1-9(19)5-23-15(27)13(16(28)24-6-10(2)20)14(17(29)25-7-11(3)21)18(30)26-8-12(4)22;;;;;;;;;;;;/h9-14H,5-8,19-22H2,1-4H3,(H,23,27)(H,24,28)(H,25,29)(H,26,30);;;10*1H2/q;2*+2;;;;;;;;;;/p-4/t9-,10+,11-,12+,13?,14?;;;;;;;;;;;;. The molecule has 0 spiro atoms. The van der Waals surface area contributed by atoms with E-state index in [1.54, 1.807) is 27.7 Å². The molecular formula is C18H54Cu2N8O14. The quantitative estimate of drug-likeness (QED) is 0.0798. The first-order chi connectivity index (χ1) is 13.9. The van der Waals surface area contributed by atoms with E-state index in [4.69, 9.17) is 22.9 Å². The van der Waals surface area contributed by atoms with Gasteiger partial charge in [-0.3, -0.25) is 0 Å². The third kappa shape index (κ3) is 36.4. The molecule has 0 aliphatic rings. The van der Waals surface area contributed by atoms with Gasteiger partial charge in [0.25, 0.3) is 0 Å². The van der Waals surface area contributed by atoms with Crippen molar-refractivity contribution in [2.45, 2.75) is 51.9 Å². The Balaban J connectivity index is -0.0000000637. The predicted molar refractivity (Wildman–Crippen MR) is 147 cm³/mol. The van der Waals surface area contributed by atoms with Crippen molar-refractivity contribution < 1.29 is 109 Å². The van der Waals surface area contributed by atoms with Crippen LogP contribution >= 0.6 is 0 Å². The van der Waals surface area contributed by atoms with Crippen LogP contribution in [0.4, 0.5) is 0 Å². The van der Waals surface area contributed by atoms with Crippen molar-refractivity contribution in [3.63, 3.8) is 0 Å². The van der Waals surface area contributed by atoms with E-state index in [9.17, 15) is 20.4 Å². The summed E-state index contributed by atoms with van der Waals surface area (Å²) in [6.07, 6.45) is 0. The van der Waals surface area contributed by atoms with Gasteiger partial charge < -0.3 is 118 Å². The SMILES string of the molecule is C[C@H](N)CN=C([O-])C(C([O-])=NC[C@@H](C)N)C(C([O-])=NC[C@H](C)N)C([O-])=NC[C@@H](C)N.O.O.O.O.O.O.O.O.O.O.[Cu+2].[Cu+2]. The Labute approximate surface area is 265 Å². The summed E-state index contributed by atoms with van der Waals surface area (Å²) in [4.78, 5) is 14.9. The molecule has 272 valence electrons. The van der Waals surface area contributed by atoms with E-state index in [0.29, 0.717) is 0 Å². The van der Waals surface area contributed by atoms with Crippen molar-refractivity contribution in [2.75, 3.05) is 26.2 Å². The Hall–Kier alpha value is -1.64. The van der Waals surface area contributed by atoms with Gasteiger partial charge >= 0.3 is 34.1 Å². The molecule has 0 aromatic heterocycles. The van der Waals surface area contributed by atoms with Gasteiger partial charge in [0.1, 0.15) is 0 Å². The fourth-order valence-electron chi connectivity index (χ4n) is 2.11. The zero-order chi connectivity index (χ0) is 23.4. The molecule has 28 N–H and O–H groups in total. The van der Waals surface area contributed by atoms with Crippen LogP contribution in [-0.4, -0.2) is 129 Å². The molecule has 24 heteroatoms. The molecule has 0 saturated heterocycles. The van der Waals surface area contributed by atoms with Crippen LogP contribution < -0.4 is 43.4 Å². The molecule has 0 aromatic rings. The van der Waals surface area contributed by atoms with Crippen LogP contribution in [-0.2, 0) is 34.1 Å². The van der Waals surface area contributed by atoms with Crippen molar-refractivity contribution >= 4 is 23.6 Å². The van der Waals surface area contributed by atoms with Gasteiger partial charge in [0.2, 0.25) is 0 Å². The molecule has 22 nitrogen and oxygen atoms in total. The summed E-state index contributed by atoms with van der Waals surface area (Å²) in [6.45, 7) is 6.04. The van der Waals surface area contributed by atoms with Gasteiger partial charge in [-0.25, -0.2) is 0 Å². The van der Waals surface area contributed by atoms with Gasteiger partial charge in [-0.05, 0) is 51.3 Å². The summed E-state index contributed by atoms with van der Waals surface area (Å²) in [6, 6.07) is -1.88. The van der Waals surface area contributed by atoms with Crippen molar-refractivity contribution in [2.24, 2.45) is 54.7 Å². The predicted octanol–water partition coefficient (Wildman–Crippen LogP) is -13.6. The maximum Gasteiger partial charge on any atom is 2.00 e. The van der Waals surface area contributed by atoms with E-state index in [0.717, 1.165) is 0 Å². The van der Waals surface area contributed by atoms with Crippen molar-refractivity contribution in [3.8, 4) is 0 Å². The molecule has 0 fully saturated rings. The third-order valence-electron chi connectivity index (χ3n) is 3.54. The van der Waals surface area contributed by atoms with E-state index in [1.165, 1.54) is 0 Å². The maximum absolute atomic E-state index is 12.7. The van der Waals surface area contributed by atoms with Crippen LogP contribution in [0.25, 0.3) is 0 Å². The molecule has 0 aromatic carbocycles. The Morgan fingerprint density at radius 3 is 0.619 bits per heavy atom. The van der Waals surface area contributed by atoms with E-state index in [1.807, 2.05) is 0 Å². The van der Waals surface area contributed by atoms with E-state index in [-0.39, 0.29) is 115 Å². The second kappa shape index (κ2) is 43.8. The van der Waals surface area contributed by atoms with E-state index >= 15 is 0 Å². The third-order valence-corrected chi connectivity index (χ3v) is 3.54. The first kappa shape index (κ1) is 83.5. The van der Waals surface area contributed by atoms with Gasteiger partial charge in [-0.15, -0.1) is 0 Å². The number of nitrogens with zero attached hydrogens (tertiary/aromatic N) is 4. The Kier molecular flexibility index (Phi) is 87.1. The van der Waals surface area contributed by atoms with E-state index in [2.05, 4.69) is 20.0 Å². The summed E-state index contributed by atoms with van der Waals surface area (Å²) in [5, 5.41) is 50.8. The van der Waals surface area contributed by atoms with Crippen molar-refractivity contribution in [3.05, 3.63) is 0 Å². The minimum absolute atomic E-state index is 0. The van der Waals surface area contributed by atoms with Crippen molar-refractivity contribution in [1.29, 1.82) is 0 Å². The first-order valence-corrected chi connectivity index (χ1v) is 9.74. The smallest absolute Gasteiger partial charge is 0.862 e. The molecular weight excluding hydrogens is 679 g/mol. The molecule has 0 rings (SSSR count). The van der Waals surface area contributed by atoms with Crippen LogP contribution in [0.2, 0.25) is 0 Å². The first-order valence-electron chi connectivity index (χ1n) is 9.74. The van der Waals surface area contributed by atoms with Crippen LogP contribution in [0.5, 0.6) is 0 Å². The molecule has 0 aliphatic heterocycles. The Morgan fingerprint density at radius 1 is 0.405 bits per heavy atom. The second-order valence-electron chi connectivity index (χ2n) is 7.58. The van der Waals surface area contributed by atoms with Gasteiger partial charge in [0.15, 0.2) is 0 Å². The molecule has 0 heterocycles. The van der Waals surface area contributed by atoms with Crippen LogP contribution in [0.15, 0.2) is 20.0 Å². The van der Waals surface area contributed by atoms with E-state index < -0.39 is 59.6 Å². The molecule has 0 bridgehead atoms. The van der Waals surface area contributed by atoms with Crippen molar-refractivity contribution in [1.82, 2.24) is 0 Å². The number of nitrogens with two attached hydrogens (primary N) is 4. The summed E-state index contributed by atoms with van der Waals surface area (Å²) in [7, 11) is 0. The zero-order valence-electron chi connectivity index (χ0n) is 23.6. The largest absolute Gasteiger partial charge is 2.00 e. The fraction of sp³-hybridized carbons (Fsp3) is 0.778. The normalized spacial score (nSPS) is 14.6. The molecule has 6 atom stereocenters. The van der Waals surface area contributed by atoms with Crippen LogP contribution in [0.1, 0.15) is 27.7 Å². The number of rotatable bonds is 13. The molecule has 2 radical (unpaired) electrons. The van der Waals surface area contributed by atoms with Crippen LogP contribution in [0, 0.1) is 11.8 Å². The number of hydrogen-bond donors (Lipinski definition) is 4. The van der Waals surface area contributed by atoms with Gasteiger partial charge in [-0.1, -0.05) is 0 Å². The molecule has 0 aliphatic carbocycles. The summed E-state index contributed by atoms with van der Waals surface area (Å²) < 4.78 is 0. The Bertz CT molecular complexity index is 556. The number of hydrogen-bond acceptors (Lipinski definition) is 12. The zero-order valence-corrected chi connectivity index (χ0v) is 25.5. The maximum atomic E-state index is 12.7. The summed E-state index contributed by atoms with van der Waals surface area (Å²) >= 11 is 0. The average molecular weight is 734 g/mol.